The van der Waals surface area contributed by atoms with Crippen molar-refractivity contribution >= 4 is 0 Å². The zero-order valence-corrected chi connectivity index (χ0v) is 11.7. The molecule has 1 unspecified atom stereocenters. The lowest BCUT2D eigenvalue weighted by Gasteiger charge is -2.12. The highest BCUT2D eigenvalue weighted by atomic mass is 16.5. The van der Waals surface area contributed by atoms with Crippen molar-refractivity contribution < 1.29 is 9.47 Å². The van der Waals surface area contributed by atoms with Crippen LogP contribution in [0, 0.1) is 0 Å². The number of nitrogens with one attached hydrogen (secondary N) is 1. The Hall–Kier alpha value is -1.06. The molecule has 0 heterocycles. The first kappa shape index (κ1) is 15.0. The second-order valence-corrected chi connectivity index (χ2v) is 4.48. The number of benzene rings is 1. The lowest BCUT2D eigenvalue weighted by atomic mass is 10.1. The van der Waals surface area contributed by atoms with Gasteiger partial charge < -0.3 is 14.8 Å². The highest BCUT2D eigenvalue weighted by molar-refractivity contribution is 5.27. The predicted octanol–water partition coefficient (Wildman–Crippen LogP) is 2.64. The van der Waals surface area contributed by atoms with Crippen LogP contribution in [0.2, 0.25) is 0 Å². The molecule has 1 aromatic rings. The molecule has 0 aliphatic rings. The fourth-order valence-corrected chi connectivity index (χ4v) is 1.83. The van der Waals surface area contributed by atoms with Crippen LogP contribution in [0.5, 0.6) is 5.75 Å². The predicted molar refractivity (Wildman–Crippen MR) is 75.3 cm³/mol. The van der Waals surface area contributed by atoms with E-state index >= 15 is 0 Å². The Morgan fingerprint density at radius 1 is 1.17 bits per heavy atom. The van der Waals surface area contributed by atoms with Crippen LogP contribution in [0.25, 0.3) is 0 Å². The van der Waals surface area contributed by atoms with E-state index in [2.05, 4.69) is 31.3 Å². The van der Waals surface area contributed by atoms with Gasteiger partial charge in [-0.05, 0) is 44.0 Å². The summed E-state index contributed by atoms with van der Waals surface area (Å²) in [7, 11) is 1.68. The molecular weight excluding hydrogens is 226 g/mol. The third kappa shape index (κ3) is 6.03. The van der Waals surface area contributed by atoms with E-state index in [1.54, 1.807) is 7.11 Å². The molecule has 0 bridgehead atoms. The van der Waals surface area contributed by atoms with Crippen molar-refractivity contribution in [2.24, 2.45) is 0 Å². The average Bonchev–Trinajstić information content (AvgIpc) is 2.38. The fourth-order valence-electron chi connectivity index (χ4n) is 1.83. The molecule has 102 valence electrons. The van der Waals surface area contributed by atoms with E-state index in [0.29, 0.717) is 19.3 Å². The SMILES string of the molecule is CCNC(C)CCc1ccc(OCCOC)cc1. The first-order valence-corrected chi connectivity index (χ1v) is 6.70. The van der Waals surface area contributed by atoms with Crippen LogP contribution in [-0.4, -0.2) is 32.9 Å². The lowest BCUT2D eigenvalue weighted by Crippen LogP contribution is -2.25. The average molecular weight is 251 g/mol. The molecule has 0 spiro atoms. The first-order valence-electron chi connectivity index (χ1n) is 6.70. The summed E-state index contributed by atoms with van der Waals surface area (Å²) in [5.41, 5.74) is 1.36. The molecule has 18 heavy (non-hydrogen) atoms. The maximum Gasteiger partial charge on any atom is 0.119 e. The van der Waals surface area contributed by atoms with Gasteiger partial charge in [-0.15, -0.1) is 0 Å². The molecule has 0 aromatic heterocycles. The summed E-state index contributed by atoms with van der Waals surface area (Å²) in [6.45, 7) is 6.64. The normalized spacial score (nSPS) is 12.4. The molecule has 1 aromatic carbocycles. The van der Waals surface area contributed by atoms with Crippen molar-refractivity contribution in [3.63, 3.8) is 0 Å². The van der Waals surface area contributed by atoms with E-state index in [0.717, 1.165) is 25.1 Å². The van der Waals surface area contributed by atoms with Gasteiger partial charge in [0.1, 0.15) is 12.4 Å². The molecule has 1 atom stereocenters. The molecule has 0 amide bonds. The summed E-state index contributed by atoms with van der Waals surface area (Å²) >= 11 is 0. The number of aryl methyl sites for hydroxylation is 1. The van der Waals surface area contributed by atoms with Crippen molar-refractivity contribution in [3.05, 3.63) is 29.8 Å². The molecule has 0 aliphatic carbocycles. The smallest absolute Gasteiger partial charge is 0.119 e. The van der Waals surface area contributed by atoms with Crippen LogP contribution < -0.4 is 10.1 Å². The minimum atomic E-state index is 0.577. The topological polar surface area (TPSA) is 30.5 Å². The van der Waals surface area contributed by atoms with Crippen LogP contribution >= 0.6 is 0 Å². The number of methoxy groups -OCH3 is 1. The summed E-state index contributed by atoms with van der Waals surface area (Å²) in [6.07, 6.45) is 2.27. The maximum absolute atomic E-state index is 5.53. The van der Waals surface area contributed by atoms with Gasteiger partial charge in [-0.2, -0.15) is 0 Å². The van der Waals surface area contributed by atoms with Gasteiger partial charge in [0.15, 0.2) is 0 Å². The van der Waals surface area contributed by atoms with Crippen molar-refractivity contribution in [2.75, 3.05) is 26.9 Å². The van der Waals surface area contributed by atoms with E-state index in [9.17, 15) is 0 Å². The summed E-state index contributed by atoms with van der Waals surface area (Å²) in [6, 6.07) is 8.92. The van der Waals surface area contributed by atoms with Crippen molar-refractivity contribution in [2.45, 2.75) is 32.7 Å². The fraction of sp³-hybridized carbons (Fsp3) is 0.600. The van der Waals surface area contributed by atoms with Gasteiger partial charge >= 0.3 is 0 Å². The summed E-state index contributed by atoms with van der Waals surface area (Å²) < 4.78 is 10.5. The van der Waals surface area contributed by atoms with Crippen LogP contribution in [0.1, 0.15) is 25.8 Å². The van der Waals surface area contributed by atoms with Crippen molar-refractivity contribution in [3.8, 4) is 5.75 Å². The molecule has 0 aliphatic heterocycles. The van der Waals surface area contributed by atoms with Crippen molar-refractivity contribution in [1.82, 2.24) is 5.32 Å². The van der Waals surface area contributed by atoms with Crippen LogP contribution in [0.15, 0.2) is 24.3 Å². The molecule has 1 N–H and O–H groups in total. The number of hydrogen-bond donors (Lipinski definition) is 1. The Morgan fingerprint density at radius 2 is 1.89 bits per heavy atom. The zero-order chi connectivity index (χ0) is 13.2. The van der Waals surface area contributed by atoms with Gasteiger partial charge in [0, 0.05) is 13.2 Å². The summed E-state index contributed by atoms with van der Waals surface area (Å²) in [5.74, 6) is 0.913. The molecular formula is C15H25NO2. The molecule has 3 heteroatoms. The second kappa shape index (κ2) is 8.95. The molecule has 3 nitrogen and oxygen atoms in total. The molecule has 0 radical (unpaired) electrons. The van der Waals surface area contributed by atoms with Gasteiger partial charge in [-0.1, -0.05) is 19.1 Å². The maximum atomic E-state index is 5.53. The summed E-state index contributed by atoms with van der Waals surface area (Å²) in [4.78, 5) is 0. The van der Waals surface area contributed by atoms with Gasteiger partial charge in [-0.3, -0.25) is 0 Å². The van der Waals surface area contributed by atoms with Crippen LogP contribution in [0.4, 0.5) is 0 Å². The third-order valence-corrected chi connectivity index (χ3v) is 2.90. The van der Waals surface area contributed by atoms with Crippen LogP contribution in [-0.2, 0) is 11.2 Å². The Bertz CT molecular complexity index is 311. The Kier molecular flexibility index (Phi) is 7.46. The van der Waals surface area contributed by atoms with Gasteiger partial charge in [0.2, 0.25) is 0 Å². The minimum Gasteiger partial charge on any atom is -0.491 e. The van der Waals surface area contributed by atoms with Gasteiger partial charge in [0.25, 0.3) is 0 Å². The van der Waals surface area contributed by atoms with E-state index in [1.165, 1.54) is 5.56 Å². The lowest BCUT2D eigenvalue weighted by molar-refractivity contribution is 0.146. The van der Waals surface area contributed by atoms with Gasteiger partial charge in [-0.25, -0.2) is 0 Å². The van der Waals surface area contributed by atoms with Crippen molar-refractivity contribution in [1.29, 1.82) is 0 Å². The number of rotatable bonds is 9. The standard InChI is InChI=1S/C15H25NO2/c1-4-16-13(2)5-6-14-7-9-15(10-8-14)18-12-11-17-3/h7-10,13,16H,4-6,11-12H2,1-3H3. The van der Waals surface area contributed by atoms with E-state index < -0.39 is 0 Å². The van der Waals surface area contributed by atoms with E-state index in [1.807, 2.05) is 12.1 Å². The van der Waals surface area contributed by atoms with Crippen LogP contribution in [0.3, 0.4) is 0 Å². The molecule has 0 saturated heterocycles. The molecule has 0 fully saturated rings. The Morgan fingerprint density at radius 3 is 2.50 bits per heavy atom. The Balaban J connectivity index is 2.31. The molecule has 1 rings (SSSR count). The second-order valence-electron chi connectivity index (χ2n) is 4.48. The highest BCUT2D eigenvalue weighted by Crippen LogP contribution is 2.13. The largest absolute Gasteiger partial charge is 0.491 e. The Labute approximate surface area is 110 Å². The summed E-state index contributed by atoms with van der Waals surface area (Å²) in [5, 5.41) is 3.42. The monoisotopic (exact) mass is 251 g/mol. The number of hydrogen-bond acceptors (Lipinski definition) is 3. The molecule has 0 saturated carbocycles. The third-order valence-electron chi connectivity index (χ3n) is 2.90. The minimum absolute atomic E-state index is 0.577. The van der Waals surface area contributed by atoms with E-state index in [4.69, 9.17) is 9.47 Å². The number of ether oxygens (including phenoxy) is 2. The first-order chi connectivity index (χ1) is 8.76. The zero-order valence-electron chi connectivity index (χ0n) is 11.7. The van der Waals surface area contributed by atoms with Gasteiger partial charge in [0.05, 0.1) is 6.61 Å². The van der Waals surface area contributed by atoms with E-state index in [-0.39, 0.29) is 0 Å². The highest BCUT2D eigenvalue weighted by Gasteiger charge is 2.01. The quantitative estimate of drug-likeness (QED) is 0.684.